The fourth-order valence-electron chi connectivity index (χ4n) is 2.25. The zero-order valence-corrected chi connectivity index (χ0v) is 14.0. The summed E-state index contributed by atoms with van der Waals surface area (Å²) in [5.74, 6) is 0.0799. The lowest BCUT2D eigenvalue weighted by Crippen LogP contribution is -2.24. The minimum Gasteiger partial charge on any atom is -0.496 e. The molecule has 2 amide bonds. The molecule has 0 unspecified atom stereocenters. The average Bonchev–Trinajstić information content (AvgIpc) is 2.62. The van der Waals surface area contributed by atoms with Crippen LogP contribution in [0.5, 0.6) is 5.75 Å². The second-order valence-electron chi connectivity index (χ2n) is 5.34. The second-order valence-corrected chi connectivity index (χ2v) is 5.34. The van der Waals surface area contributed by atoms with Gasteiger partial charge in [0.25, 0.3) is 11.8 Å². The molecule has 0 radical (unpaired) electrons. The van der Waals surface area contributed by atoms with Gasteiger partial charge in [0.2, 0.25) is 0 Å². The molecule has 0 fully saturated rings. The first-order chi connectivity index (χ1) is 11.7. The predicted molar refractivity (Wildman–Crippen MR) is 94.6 cm³/mol. The molecule has 0 aliphatic heterocycles. The first-order valence-corrected chi connectivity index (χ1v) is 7.98. The molecule has 2 N–H and O–H groups in total. The Bertz CT molecular complexity index is 713. The number of hydrogen-bond acceptors (Lipinski definition) is 3. The number of nitrogens with one attached hydrogen (secondary N) is 2. The number of hydrogen-bond donors (Lipinski definition) is 2. The molecule has 5 heteroatoms. The summed E-state index contributed by atoms with van der Waals surface area (Å²) >= 11 is 0. The number of amides is 2. The monoisotopic (exact) mass is 326 g/mol. The van der Waals surface area contributed by atoms with E-state index < -0.39 is 0 Å². The highest BCUT2D eigenvalue weighted by Crippen LogP contribution is 2.19. The van der Waals surface area contributed by atoms with Gasteiger partial charge in [0.1, 0.15) is 5.75 Å². The van der Waals surface area contributed by atoms with Crippen molar-refractivity contribution in [1.82, 2.24) is 5.32 Å². The molecule has 0 saturated heterocycles. The van der Waals surface area contributed by atoms with Gasteiger partial charge in [-0.25, -0.2) is 0 Å². The molecular weight excluding hydrogens is 304 g/mol. The maximum Gasteiger partial charge on any atom is 0.259 e. The number of para-hydroxylation sites is 1. The normalized spacial score (nSPS) is 10.1. The van der Waals surface area contributed by atoms with Crippen molar-refractivity contribution in [2.45, 2.75) is 19.8 Å². The fourth-order valence-corrected chi connectivity index (χ4v) is 2.25. The van der Waals surface area contributed by atoms with Crippen LogP contribution in [0.2, 0.25) is 0 Å². The van der Waals surface area contributed by atoms with Crippen molar-refractivity contribution in [2.24, 2.45) is 0 Å². The zero-order valence-electron chi connectivity index (χ0n) is 14.0. The number of unbranched alkanes of at least 4 members (excludes halogenated alkanes) is 1. The van der Waals surface area contributed by atoms with Gasteiger partial charge in [0.05, 0.1) is 12.7 Å². The zero-order chi connectivity index (χ0) is 17.4. The van der Waals surface area contributed by atoms with E-state index in [-0.39, 0.29) is 11.8 Å². The minimum absolute atomic E-state index is 0.142. The Hall–Kier alpha value is -2.82. The predicted octanol–water partition coefficient (Wildman–Crippen LogP) is 3.48. The van der Waals surface area contributed by atoms with Crippen molar-refractivity contribution in [3.8, 4) is 5.75 Å². The minimum atomic E-state index is -0.281. The Morgan fingerprint density at radius 2 is 1.83 bits per heavy atom. The van der Waals surface area contributed by atoms with Gasteiger partial charge in [-0.05, 0) is 36.8 Å². The molecule has 0 atom stereocenters. The molecule has 0 heterocycles. The maximum atomic E-state index is 12.4. The molecule has 2 aromatic carbocycles. The van der Waals surface area contributed by atoms with Crippen molar-refractivity contribution in [2.75, 3.05) is 19.0 Å². The summed E-state index contributed by atoms with van der Waals surface area (Å²) in [5, 5.41) is 5.66. The fraction of sp³-hybridized carbons (Fsp3) is 0.263. The molecule has 0 bridgehead atoms. The van der Waals surface area contributed by atoms with Crippen molar-refractivity contribution in [3.63, 3.8) is 0 Å². The number of methoxy groups -OCH3 is 1. The highest BCUT2D eigenvalue weighted by Gasteiger charge is 2.12. The summed E-state index contributed by atoms with van der Waals surface area (Å²) in [5.41, 5.74) is 1.52. The van der Waals surface area contributed by atoms with E-state index in [9.17, 15) is 9.59 Å². The maximum absolute atomic E-state index is 12.4. The first-order valence-electron chi connectivity index (χ1n) is 7.98. The Balaban J connectivity index is 2.09. The average molecular weight is 326 g/mol. The van der Waals surface area contributed by atoms with Crippen LogP contribution in [0.25, 0.3) is 0 Å². The quantitative estimate of drug-likeness (QED) is 0.766. The van der Waals surface area contributed by atoms with E-state index >= 15 is 0 Å². The third-order valence-corrected chi connectivity index (χ3v) is 3.55. The summed E-state index contributed by atoms with van der Waals surface area (Å²) in [6.45, 7) is 2.72. The van der Waals surface area contributed by atoms with Crippen molar-refractivity contribution >= 4 is 17.5 Å². The SMILES string of the molecule is CCCCNC(=O)c1cccc(NC(=O)c2ccccc2OC)c1. The summed E-state index contributed by atoms with van der Waals surface area (Å²) in [6, 6.07) is 13.9. The van der Waals surface area contributed by atoms with Crippen LogP contribution in [0.1, 0.15) is 40.5 Å². The van der Waals surface area contributed by atoms with Gasteiger partial charge < -0.3 is 15.4 Å². The van der Waals surface area contributed by atoms with Gasteiger partial charge in [0.15, 0.2) is 0 Å². The standard InChI is InChI=1S/C19H22N2O3/c1-3-4-12-20-18(22)14-8-7-9-15(13-14)21-19(23)16-10-5-6-11-17(16)24-2/h5-11,13H,3-4,12H2,1-2H3,(H,20,22)(H,21,23). The molecule has 0 aromatic heterocycles. The van der Waals surface area contributed by atoms with E-state index in [2.05, 4.69) is 17.6 Å². The molecule has 2 aromatic rings. The third-order valence-electron chi connectivity index (χ3n) is 3.55. The van der Waals surface area contributed by atoms with Crippen molar-refractivity contribution < 1.29 is 14.3 Å². The van der Waals surface area contributed by atoms with Crippen LogP contribution in [-0.4, -0.2) is 25.5 Å². The van der Waals surface area contributed by atoms with Crippen LogP contribution in [0.15, 0.2) is 48.5 Å². The molecule has 0 aliphatic rings. The lowest BCUT2D eigenvalue weighted by Gasteiger charge is -2.10. The van der Waals surface area contributed by atoms with Crippen LogP contribution in [0, 0.1) is 0 Å². The number of ether oxygens (including phenoxy) is 1. The summed E-state index contributed by atoms with van der Waals surface area (Å²) in [6.07, 6.45) is 1.96. The third kappa shape index (κ3) is 4.59. The number of benzene rings is 2. The van der Waals surface area contributed by atoms with Crippen LogP contribution in [0.3, 0.4) is 0 Å². The Morgan fingerprint density at radius 1 is 1.04 bits per heavy atom. The van der Waals surface area contributed by atoms with Crippen LogP contribution >= 0.6 is 0 Å². The highest BCUT2D eigenvalue weighted by atomic mass is 16.5. The smallest absolute Gasteiger partial charge is 0.259 e. The second kappa shape index (κ2) is 8.72. The van der Waals surface area contributed by atoms with E-state index in [1.165, 1.54) is 7.11 Å². The van der Waals surface area contributed by atoms with E-state index in [0.717, 1.165) is 12.8 Å². The Kier molecular flexibility index (Phi) is 6.37. The van der Waals surface area contributed by atoms with E-state index in [4.69, 9.17) is 4.74 Å². The topological polar surface area (TPSA) is 67.4 Å². The molecule has 0 spiro atoms. The summed E-state index contributed by atoms with van der Waals surface area (Å²) < 4.78 is 5.20. The van der Waals surface area contributed by atoms with Crippen LogP contribution in [-0.2, 0) is 0 Å². The molecule has 0 aliphatic carbocycles. The van der Waals surface area contributed by atoms with Gasteiger partial charge in [-0.15, -0.1) is 0 Å². The lowest BCUT2D eigenvalue weighted by molar-refractivity contribution is 0.0951. The molecule has 24 heavy (non-hydrogen) atoms. The Morgan fingerprint density at radius 3 is 2.58 bits per heavy atom. The molecular formula is C19H22N2O3. The van der Waals surface area contributed by atoms with Gasteiger partial charge in [-0.2, -0.15) is 0 Å². The molecule has 2 rings (SSSR count). The largest absolute Gasteiger partial charge is 0.496 e. The molecule has 126 valence electrons. The number of carbonyl (C=O) groups is 2. The number of rotatable bonds is 7. The van der Waals surface area contributed by atoms with Gasteiger partial charge in [-0.3, -0.25) is 9.59 Å². The van der Waals surface area contributed by atoms with E-state index in [0.29, 0.717) is 29.1 Å². The van der Waals surface area contributed by atoms with Crippen molar-refractivity contribution in [3.05, 3.63) is 59.7 Å². The Labute approximate surface area is 142 Å². The van der Waals surface area contributed by atoms with Gasteiger partial charge in [0, 0.05) is 17.8 Å². The van der Waals surface area contributed by atoms with Crippen molar-refractivity contribution in [1.29, 1.82) is 0 Å². The summed E-state index contributed by atoms with van der Waals surface area (Å²) in [4.78, 5) is 24.5. The lowest BCUT2D eigenvalue weighted by atomic mass is 10.1. The van der Waals surface area contributed by atoms with E-state index in [1.807, 2.05) is 0 Å². The first kappa shape index (κ1) is 17.5. The summed E-state index contributed by atoms with van der Waals surface area (Å²) in [7, 11) is 1.52. The highest BCUT2D eigenvalue weighted by molar-refractivity contribution is 6.06. The van der Waals surface area contributed by atoms with E-state index in [1.54, 1.807) is 48.5 Å². The van der Waals surface area contributed by atoms with Gasteiger partial charge >= 0.3 is 0 Å². The van der Waals surface area contributed by atoms with Crippen LogP contribution < -0.4 is 15.4 Å². The van der Waals surface area contributed by atoms with Gasteiger partial charge in [-0.1, -0.05) is 31.5 Å². The molecule has 0 saturated carbocycles. The number of anilines is 1. The molecule has 5 nitrogen and oxygen atoms in total. The van der Waals surface area contributed by atoms with Crippen LogP contribution in [0.4, 0.5) is 5.69 Å². The number of carbonyl (C=O) groups excluding carboxylic acids is 2.